The summed E-state index contributed by atoms with van der Waals surface area (Å²) in [5.74, 6) is 0.844. The lowest BCUT2D eigenvalue weighted by atomic mass is 10.2. The summed E-state index contributed by atoms with van der Waals surface area (Å²) in [5, 5.41) is 9.07. The van der Waals surface area contributed by atoms with Gasteiger partial charge in [0.15, 0.2) is 11.5 Å². The number of imidazole rings is 1. The van der Waals surface area contributed by atoms with E-state index >= 15 is 0 Å². The van der Waals surface area contributed by atoms with Crippen molar-refractivity contribution in [3.63, 3.8) is 0 Å². The molecule has 0 spiro atoms. The van der Waals surface area contributed by atoms with Gasteiger partial charge in [0.25, 0.3) is 0 Å². The van der Waals surface area contributed by atoms with Gasteiger partial charge in [0.1, 0.15) is 11.5 Å². The van der Waals surface area contributed by atoms with Crippen molar-refractivity contribution in [3.05, 3.63) is 30.1 Å². The molecule has 21 heavy (non-hydrogen) atoms. The van der Waals surface area contributed by atoms with E-state index in [1.807, 2.05) is 26.0 Å². The van der Waals surface area contributed by atoms with Crippen LogP contribution in [-0.4, -0.2) is 33.8 Å². The number of hydrogen-bond donors (Lipinski definition) is 1. The van der Waals surface area contributed by atoms with Crippen molar-refractivity contribution in [2.75, 3.05) is 13.2 Å². The van der Waals surface area contributed by atoms with Crippen molar-refractivity contribution in [2.45, 2.75) is 13.8 Å². The molecule has 0 aliphatic rings. The van der Waals surface area contributed by atoms with Gasteiger partial charge in [0.05, 0.1) is 19.4 Å². The molecular formula is C15H18N2O4. The van der Waals surface area contributed by atoms with Crippen LogP contribution in [0.3, 0.4) is 0 Å². The van der Waals surface area contributed by atoms with E-state index in [1.54, 1.807) is 13.1 Å². The Balaban J connectivity index is 2.45. The Hall–Kier alpha value is -2.50. The van der Waals surface area contributed by atoms with E-state index in [1.165, 1.54) is 10.8 Å². The third-order valence-electron chi connectivity index (χ3n) is 3.01. The monoisotopic (exact) mass is 290 g/mol. The number of nitrogens with zero attached hydrogens (tertiary/aromatic N) is 2. The first-order chi connectivity index (χ1) is 10.1. The molecule has 0 saturated carbocycles. The first kappa shape index (κ1) is 14.9. The van der Waals surface area contributed by atoms with Crippen LogP contribution in [0.5, 0.6) is 11.5 Å². The Morgan fingerprint density at radius 2 is 1.90 bits per heavy atom. The van der Waals surface area contributed by atoms with E-state index in [0.717, 1.165) is 5.56 Å². The molecule has 0 fully saturated rings. The van der Waals surface area contributed by atoms with Gasteiger partial charge in [0, 0.05) is 12.6 Å². The average Bonchev–Trinajstić information content (AvgIpc) is 2.83. The fourth-order valence-electron chi connectivity index (χ4n) is 2.07. The zero-order valence-corrected chi connectivity index (χ0v) is 12.3. The number of benzene rings is 1. The van der Waals surface area contributed by atoms with Gasteiger partial charge in [0.2, 0.25) is 0 Å². The number of hydrogen-bond acceptors (Lipinski definition) is 4. The van der Waals surface area contributed by atoms with Gasteiger partial charge in [-0.3, -0.25) is 0 Å². The average molecular weight is 290 g/mol. The highest BCUT2D eigenvalue weighted by Crippen LogP contribution is 2.32. The maximum atomic E-state index is 11.1. The van der Waals surface area contributed by atoms with Gasteiger partial charge >= 0.3 is 5.97 Å². The molecule has 6 heteroatoms. The van der Waals surface area contributed by atoms with Gasteiger partial charge in [-0.2, -0.15) is 0 Å². The fraction of sp³-hybridized carbons (Fsp3) is 0.333. The van der Waals surface area contributed by atoms with Crippen molar-refractivity contribution in [1.29, 1.82) is 0 Å². The molecule has 112 valence electrons. The third-order valence-corrected chi connectivity index (χ3v) is 3.01. The van der Waals surface area contributed by atoms with Crippen LogP contribution >= 0.6 is 0 Å². The summed E-state index contributed by atoms with van der Waals surface area (Å²) in [4.78, 5) is 15.2. The lowest BCUT2D eigenvalue weighted by molar-refractivity contribution is 0.0686. The van der Waals surface area contributed by atoms with Crippen LogP contribution in [0.4, 0.5) is 0 Å². The number of ether oxygens (including phenoxy) is 2. The molecule has 1 aromatic carbocycles. The van der Waals surface area contributed by atoms with Crippen LogP contribution in [0.1, 0.15) is 24.3 Å². The lowest BCUT2D eigenvalue weighted by Gasteiger charge is -2.12. The van der Waals surface area contributed by atoms with Crippen LogP contribution in [0, 0.1) is 0 Å². The molecule has 0 aliphatic carbocycles. The topological polar surface area (TPSA) is 73.6 Å². The van der Waals surface area contributed by atoms with Gasteiger partial charge in [-0.15, -0.1) is 0 Å². The number of aromatic carboxylic acids is 1. The molecule has 0 unspecified atom stereocenters. The minimum Gasteiger partial charge on any atom is -0.490 e. The minimum absolute atomic E-state index is 0.136. The standard InChI is InChI=1S/C15H18N2O4/c1-4-20-12-7-6-10(8-13(12)21-5-2)14-16-9-11(15(18)19)17(14)3/h6-9H,4-5H2,1-3H3,(H,18,19). The molecule has 0 amide bonds. The molecule has 1 aromatic heterocycles. The van der Waals surface area contributed by atoms with Crippen LogP contribution < -0.4 is 9.47 Å². The summed E-state index contributed by atoms with van der Waals surface area (Å²) in [6, 6.07) is 5.45. The summed E-state index contributed by atoms with van der Waals surface area (Å²) in [5.41, 5.74) is 0.911. The Morgan fingerprint density at radius 1 is 1.24 bits per heavy atom. The Morgan fingerprint density at radius 3 is 2.48 bits per heavy atom. The summed E-state index contributed by atoms with van der Waals surface area (Å²) in [6.45, 7) is 4.86. The molecule has 0 bridgehead atoms. The maximum absolute atomic E-state index is 11.1. The SMILES string of the molecule is CCOc1ccc(-c2ncc(C(=O)O)n2C)cc1OCC. The first-order valence-corrected chi connectivity index (χ1v) is 6.73. The first-order valence-electron chi connectivity index (χ1n) is 6.73. The van der Waals surface area contributed by atoms with Crippen LogP contribution in [0.25, 0.3) is 11.4 Å². The minimum atomic E-state index is -1.01. The van der Waals surface area contributed by atoms with E-state index in [0.29, 0.717) is 30.5 Å². The molecule has 1 N–H and O–H groups in total. The van der Waals surface area contributed by atoms with Gasteiger partial charge in [-0.05, 0) is 32.0 Å². The van der Waals surface area contributed by atoms with Crippen LogP contribution in [-0.2, 0) is 7.05 Å². The number of carbonyl (C=O) groups is 1. The molecule has 6 nitrogen and oxygen atoms in total. The van der Waals surface area contributed by atoms with Crippen molar-refractivity contribution >= 4 is 5.97 Å². The number of carboxylic acid groups (broad SMARTS) is 1. The Kier molecular flexibility index (Phi) is 4.47. The number of carboxylic acids is 1. The van der Waals surface area contributed by atoms with E-state index in [2.05, 4.69) is 4.98 Å². The molecular weight excluding hydrogens is 272 g/mol. The van der Waals surface area contributed by atoms with Crippen LogP contribution in [0.2, 0.25) is 0 Å². The molecule has 0 saturated heterocycles. The smallest absolute Gasteiger partial charge is 0.354 e. The third kappa shape index (κ3) is 2.99. The zero-order chi connectivity index (χ0) is 15.4. The quantitative estimate of drug-likeness (QED) is 0.885. The molecule has 0 radical (unpaired) electrons. The molecule has 1 heterocycles. The predicted octanol–water partition coefficient (Wildman–Crippen LogP) is 2.58. The van der Waals surface area contributed by atoms with Crippen molar-refractivity contribution in [2.24, 2.45) is 7.05 Å². The predicted molar refractivity (Wildman–Crippen MR) is 77.9 cm³/mol. The summed E-state index contributed by atoms with van der Waals surface area (Å²) in [7, 11) is 1.67. The highest BCUT2D eigenvalue weighted by Gasteiger charge is 2.15. The highest BCUT2D eigenvalue weighted by atomic mass is 16.5. The molecule has 2 aromatic rings. The molecule has 0 atom stereocenters. The summed E-state index contributed by atoms with van der Waals surface area (Å²) >= 11 is 0. The fourth-order valence-corrected chi connectivity index (χ4v) is 2.07. The number of aromatic nitrogens is 2. The molecule has 2 rings (SSSR count). The van der Waals surface area contributed by atoms with Gasteiger partial charge < -0.3 is 19.1 Å². The van der Waals surface area contributed by atoms with E-state index < -0.39 is 5.97 Å². The summed E-state index contributed by atoms with van der Waals surface area (Å²) in [6.07, 6.45) is 1.34. The van der Waals surface area contributed by atoms with Crippen LogP contribution in [0.15, 0.2) is 24.4 Å². The van der Waals surface area contributed by atoms with E-state index in [9.17, 15) is 4.79 Å². The largest absolute Gasteiger partial charge is 0.490 e. The summed E-state index contributed by atoms with van der Waals surface area (Å²) < 4.78 is 12.6. The van der Waals surface area contributed by atoms with Crippen molar-refractivity contribution in [1.82, 2.24) is 9.55 Å². The van der Waals surface area contributed by atoms with Crippen molar-refractivity contribution in [3.8, 4) is 22.9 Å². The normalized spacial score (nSPS) is 10.4. The van der Waals surface area contributed by atoms with Crippen molar-refractivity contribution < 1.29 is 19.4 Å². The van der Waals surface area contributed by atoms with E-state index in [-0.39, 0.29) is 5.69 Å². The highest BCUT2D eigenvalue weighted by molar-refractivity contribution is 5.86. The Labute approximate surface area is 122 Å². The lowest BCUT2D eigenvalue weighted by Crippen LogP contribution is -2.05. The number of rotatable bonds is 6. The van der Waals surface area contributed by atoms with Gasteiger partial charge in [-0.1, -0.05) is 0 Å². The molecule has 0 aliphatic heterocycles. The second-order valence-electron chi connectivity index (χ2n) is 4.36. The second kappa shape index (κ2) is 6.30. The second-order valence-corrected chi connectivity index (χ2v) is 4.36. The maximum Gasteiger partial charge on any atom is 0.354 e. The van der Waals surface area contributed by atoms with E-state index in [4.69, 9.17) is 14.6 Å². The zero-order valence-electron chi connectivity index (χ0n) is 12.3. The van der Waals surface area contributed by atoms with Gasteiger partial charge in [-0.25, -0.2) is 9.78 Å². The Bertz CT molecular complexity index is 649.